The Balaban J connectivity index is 1.97. The maximum atomic E-state index is 12.7. The molecular formula is C26H27N5O2. The number of allylic oxidation sites excluding steroid dienone is 3. The molecule has 0 spiro atoms. The average molecular weight is 442 g/mol. The molecule has 7 nitrogen and oxygen atoms in total. The van der Waals surface area contributed by atoms with Gasteiger partial charge in [-0.15, -0.1) is 0 Å². The van der Waals surface area contributed by atoms with Crippen LogP contribution in [0.25, 0.3) is 5.70 Å². The molecule has 3 rings (SSSR count). The maximum Gasteiger partial charge on any atom is 0.251 e. The van der Waals surface area contributed by atoms with Gasteiger partial charge in [0.1, 0.15) is 0 Å². The van der Waals surface area contributed by atoms with Gasteiger partial charge in [-0.25, -0.2) is 0 Å². The lowest BCUT2D eigenvalue weighted by molar-refractivity contribution is 0.0944. The summed E-state index contributed by atoms with van der Waals surface area (Å²) in [6, 6.07) is 18.8. The average Bonchev–Trinajstić information content (AvgIpc) is 2.83. The molecule has 0 aromatic heterocycles. The number of carbonyl (C=O) groups is 1. The quantitative estimate of drug-likeness (QED) is 0.422. The second-order valence-electron chi connectivity index (χ2n) is 7.67. The van der Waals surface area contributed by atoms with Crippen molar-refractivity contribution in [2.75, 3.05) is 25.5 Å². The fourth-order valence-electron chi connectivity index (χ4n) is 3.83. The van der Waals surface area contributed by atoms with Crippen LogP contribution in [0, 0.1) is 22.7 Å². The number of amides is 1. The van der Waals surface area contributed by atoms with Crippen LogP contribution in [-0.4, -0.2) is 25.7 Å². The topological polar surface area (TPSA) is 124 Å². The van der Waals surface area contributed by atoms with Crippen LogP contribution in [0.5, 0.6) is 0 Å². The van der Waals surface area contributed by atoms with Crippen LogP contribution >= 0.6 is 0 Å². The van der Waals surface area contributed by atoms with Gasteiger partial charge in [-0.05, 0) is 50.1 Å². The standard InChI is InChI=1S/C26H27N5O2/c1-3-33-12-6-11-30-26(32)20-9-4-7-18(13-20)24-22(15-27)17(2)31-25(23(24)16-28)19-8-5-10-21(29)14-19/h4-5,7-10,13-14,24,31H,3,6,11-12,29H2,1-2H3,(H,30,32). The Hall–Kier alpha value is -4.07. The molecule has 1 amide bonds. The molecule has 1 unspecified atom stereocenters. The Morgan fingerprint density at radius 3 is 2.61 bits per heavy atom. The summed E-state index contributed by atoms with van der Waals surface area (Å²) in [6.45, 7) is 5.47. The predicted octanol–water partition coefficient (Wildman–Crippen LogP) is 3.84. The van der Waals surface area contributed by atoms with Crippen molar-refractivity contribution in [3.8, 4) is 12.1 Å². The number of rotatable bonds is 8. The summed E-state index contributed by atoms with van der Waals surface area (Å²) < 4.78 is 5.30. The first-order valence-electron chi connectivity index (χ1n) is 10.8. The van der Waals surface area contributed by atoms with E-state index in [0.717, 1.165) is 12.0 Å². The first-order chi connectivity index (χ1) is 16.0. The van der Waals surface area contributed by atoms with Crippen molar-refractivity contribution < 1.29 is 9.53 Å². The van der Waals surface area contributed by atoms with Crippen molar-refractivity contribution in [2.45, 2.75) is 26.2 Å². The molecule has 0 saturated heterocycles. The number of nitrogen functional groups attached to an aromatic ring is 1. The molecule has 0 saturated carbocycles. The Labute approximate surface area is 194 Å². The molecule has 0 aliphatic carbocycles. The highest BCUT2D eigenvalue weighted by molar-refractivity contribution is 5.94. The van der Waals surface area contributed by atoms with E-state index in [1.807, 2.05) is 25.1 Å². The molecule has 1 aliphatic rings. The highest BCUT2D eigenvalue weighted by Gasteiger charge is 2.31. The fourth-order valence-corrected chi connectivity index (χ4v) is 3.83. The van der Waals surface area contributed by atoms with Gasteiger partial charge in [0.05, 0.1) is 34.9 Å². The number of nitriles is 2. The van der Waals surface area contributed by atoms with Crippen molar-refractivity contribution in [3.63, 3.8) is 0 Å². The number of nitrogens with two attached hydrogens (primary N) is 1. The molecule has 0 fully saturated rings. The van der Waals surface area contributed by atoms with Crippen LogP contribution in [0.1, 0.15) is 47.7 Å². The second-order valence-corrected chi connectivity index (χ2v) is 7.67. The van der Waals surface area contributed by atoms with Crippen molar-refractivity contribution in [1.29, 1.82) is 10.5 Å². The van der Waals surface area contributed by atoms with E-state index in [9.17, 15) is 15.3 Å². The van der Waals surface area contributed by atoms with Crippen molar-refractivity contribution in [2.24, 2.45) is 0 Å². The Kier molecular flexibility index (Phi) is 7.86. The number of dihydropyridines is 1. The highest BCUT2D eigenvalue weighted by Crippen LogP contribution is 2.40. The van der Waals surface area contributed by atoms with Gasteiger partial charge in [0.15, 0.2) is 0 Å². The lowest BCUT2D eigenvalue weighted by Gasteiger charge is -2.28. The number of hydrogen-bond donors (Lipinski definition) is 3. The number of anilines is 1. The number of hydrogen-bond acceptors (Lipinski definition) is 6. The van der Waals surface area contributed by atoms with E-state index in [4.69, 9.17) is 10.5 Å². The van der Waals surface area contributed by atoms with E-state index in [0.29, 0.717) is 59.1 Å². The van der Waals surface area contributed by atoms with Crippen molar-refractivity contribution >= 4 is 17.3 Å². The number of nitrogens with one attached hydrogen (secondary N) is 2. The van der Waals surface area contributed by atoms with Gasteiger partial charge >= 0.3 is 0 Å². The number of benzene rings is 2. The van der Waals surface area contributed by atoms with E-state index in [1.165, 1.54) is 0 Å². The van der Waals surface area contributed by atoms with Crippen LogP contribution in [-0.2, 0) is 4.74 Å². The Morgan fingerprint density at radius 2 is 1.91 bits per heavy atom. The summed E-state index contributed by atoms with van der Waals surface area (Å²) in [7, 11) is 0. The zero-order valence-electron chi connectivity index (χ0n) is 18.8. The number of carbonyl (C=O) groups excluding carboxylic acids is 1. The van der Waals surface area contributed by atoms with Crippen molar-refractivity contribution in [1.82, 2.24) is 10.6 Å². The summed E-state index contributed by atoms with van der Waals surface area (Å²) in [5, 5.41) is 26.1. The minimum Gasteiger partial charge on any atom is -0.399 e. The summed E-state index contributed by atoms with van der Waals surface area (Å²) in [4.78, 5) is 12.7. The molecular weight excluding hydrogens is 414 g/mol. The second kappa shape index (κ2) is 11.0. The molecule has 1 atom stereocenters. The normalized spacial score (nSPS) is 15.5. The SMILES string of the molecule is CCOCCCNC(=O)c1cccc(C2C(C#N)=C(C)NC(c3cccc(N)c3)=C2C#N)c1. The molecule has 168 valence electrons. The molecule has 7 heteroatoms. The van der Waals surface area contributed by atoms with Gasteiger partial charge in [-0.3, -0.25) is 4.79 Å². The minimum atomic E-state index is -0.594. The Morgan fingerprint density at radius 1 is 1.15 bits per heavy atom. The summed E-state index contributed by atoms with van der Waals surface area (Å²) in [5.74, 6) is -0.802. The number of ether oxygens (including phenoxy) is 1. The highest BCUT2D eigenvalue weighted by atomic mass is 16.5. The van der Waals surface area contributed by atoms with Crippen LogP contribution in [0.3, 0.4) is 0 Å². The monoisotopic (exact) mass is 441 g/mol. The first kappa shape index (κ1) is 23.6. The minimum absolute atomic E-state index is 0.208. The zero-order valence-corrected chi connectivity index (χ0v) is 18.8. The van der Waals surface area contributed by atoms with E-state index >= 15 is 0 Å². The molecule has 2 aromatic carbocycles. The summed E-state index contributed by atoms with van der Waals surface area (Å²) in [5.41, 5.74) is 10.6. The molecule has 0 radical (unpaired) electrons. The molecule has 4 N–H and O–H groups in total. The third-order valence-corrected chi connectivity index (χ3v) is 5.42. The van der Waals surface area contributed by atoms with E-state index in [1.54, 1.807) is 37.3 Å². The largest absolute Gasteiger partial charge is 0.399 e. The first-order valence-corrected chi connectivity index (χ1v) is 10.8. The fraction of sp³-hybridized carbons (Fsp3) is 0.269. The van der Waals surface area contributed by atoms with E-state index < -0.39 is 5.92 Å². The molecule has 33 heavy (non-hydrogen) atoms. The van der Waals surface area contributed by atoms with Gasteiger partial charge in [-0.1, -0.05) is 24.3 Å². The van der Waals surface area contributed by atoms with Crippen LogP contribution < -0.4 is 16.4 Å². The maximum absolute atomic E-state index is 12.7. The van der Waals surface area contributed by atoms with Gasteiger partial charge in [0, 0.05) is 42.3 Å². The molecule has 1 aliphatic heterocycles. The van der Waals surface area contributed by atoms with Gasteiger partial charge < -0.3 is 21.1 Å². The summed E-state index contributed by atoms with van der Waals surface area (Å²) >= 11 is 0. The molecule has 2 aromatic rings. The summed E-state index contributed by atoms with van der Waals surface area (Å²) in [6.07, 6.45) is 0.721. The third kappa shape index (κ3) is 5.41. The van der Waals surface area contributed by atoms with Crippen molar-refractivity contribution in [3.05, 3.63) is 82.1 Å². The Bertz CT molecular complexity index is 1180. The van der Waals surface area contributed by atoms with Gasteiger partial charge in [0.2, 0.25) is 0 Å². The van der Waals surface area contributed by atoms with E-state index in [-0.39, 0.29) is 5.91 Å². The zero-order chi connectivity index (χ0) is 23.8. The van der Waals surface area contributed by atoms with Crippen LogP contribution in [0.15, 0.2) is 65.4 Å². The number of nitrogens with zero attached hydrogens (tertiary/aromatic N) is 2. The lowest BCUT2D eigenvalue weighted by atomic mass is 9.80. The smallest absolute Gasteiger partial charge is 0.251 e. The van der Waals surface area contributed by atoms with Crippen LogP contribution in [0.2, 0.25) is 0 Å². The van der Waals surface area contributed by atoms with Gasteiger partial charge in [0.25, 0.3) is 5.91 Å². The third-order valence-electron chi connectivity index (χ3n) is 5.42. The predicted molar refractivity (Wildman–Crippen MR) is 127 cm³/mol. The lowest BCUT2D eigenvalue weighted by Crippen LogP contribution is -2.26. The van der Waals surface area contributed by atoms with E-state index in [2.05, 4.69) is 22.8 Å². The van der Waals surface area contributed by atoms with Crippen LogP contribution in [0.4, 0.5) is 5.69 Å². The molecule has 1 heterocycles. The molecule has 0 bridgehead atoms. The van der Waals surface area contributed by atoms with Gasteiger partial charge in [-0.2, -0.15) is 10.5 Å².